The van der Waals surface area contributed by atoms with Crippen LogP contribution in [0.1, 0.15) is 11.1 Å². The summed E-state index contributed by atoms with van der Waals surface area (Å²) in [4.78, 5) is 12.2. The first-order valence-electron chi connectivity index (χ1n) is 7.42. The summed E-state index contributed by atoms with van der Waals surface area (Å²) >= 11 is 0. The number of amides is 1. The zero-order chi connectivity index (χ0) is 17.5. The molecular weight excluding hydrogens is 306 g/mol. The lowest BCUT2D eigenvalue weighted by Gasteiger charge is -2.09. The van der Waals surface area contributed by atoms with Gasteiger partial charge in [-0.25, -0.2) is 0 Å². The molecule has 0 radical (unpaired) electrons. The van der Waals surface area contributed by atoms with Gasteiger partial charge in [-0.1, -0.05) is 6.07 Å². The first-order chi connectivity index (χ1) is 11.5. The number of anilines is 1. The number of hydrogen-bond acceptors (Lipinski definition) is 4. The largest absolute Gasteiger partial charge is 0.497 e. The van der Waals surface area contributed by atoms with Gasteiger partial charge in [0.1, 0.15) is 17.2 Å². The molecule has 126 valence electrons. The minimum atomic E-state index is -0.249. The highest BCUT2D eigenvalue weighted by Gasteiger charge is 2.06. The predicted octanol–water partition coefficient (Wildman–Crippen LogP) is 3.67. The van der Waals surface area contributed by atoms with E-state index in [0.29, 0.717) is 22.9 Å². The maximum Gasteiger partial charge on any atom is 0.248 e. The third-order valence-corrected chi connectivity index (χ3v) is 3.41. The van der Waals surface area contributed by atoms with E-state index in [0.717, 1.165) is 11.1 Å². The maximum atomic E-state index is 12.2. The molecule has 5 heteroatoms. The van der Waals surface area contributed by atoms with Gasteiger partial charge in [-0.05, 0) is 48.4 Å². The summed E-state index contributed by atoms with van der Waals surface area (Å²) < 4.78 is 15.7. The van der Waals surface area contributed by atoms with Crippen LogP contribution in [0.15, 0.2) is 42.5 Å². The molecule has 0 spiro atoms. The molecule has 0 heterocycles. The number of hydrogen-bond donors (Lipinski definition) is 1. The number of ether oxygens (including phenoxy) is 3. The molecule has 0 bridgehead atoms. The van der Waals surface area contributed by atoms with Crippen molar-refractivity contribution in [1.82, 2.24) is 0 Å². The molecule has 1 amide bonds. The first-order valence-corrected chi connectivity index (χ1v) is 7.42. The molecule has 1 N–H and O–H groups in total. The molecule has 0 saturated heterocycles. The van der Waals surface area contributed by atoms with Gasteiger partial charge in [0.15, 0.2) is 0 Å². The Hall–Kier alpha value is -2.95. The van der Waals surface area contributed by atoms with E-state index in [1.807, 2.05) is 37.3 Å². The summed E-state index contributed by atoms with van der Waals surface area (Å²) in [6, 6.07) is 11.0. The number of aryl methyl sites for hydroxylation is 1. The van der Waals surface area contributed by atoms with Crippen LogP contribution in [0.3, 0.4) is 0 Å². The van der Waals surface area contributed by atoms with E-state index in [1.165, 1.54) is 6.08 Å². The second-order valence-electron chi connectivity index (χ2n) is 5.17. The standard InChI is InChI=1S/C19H21NO4/c1-13-5-7-18(24-4)17(9-13)20-19(21)8-6-14-10-15(22-2)12-16(11-14)23-3/h5-12H,1-4H3,(H,20,21)/b8-6+. The van der Waals surface area contributed by atoms with Crippen LogP contribution in [0, 0.1) is 6.92 Å². The normalized spacial score (nSPS) is 10.5. The summed E-state index contributed by atoms with van der Waals surface area (Å²) in [5.41, 5.74) is 2.47. The Morgan fingerprint density at radius 3 is 2.21 bits per heavy atom. The highest BCUT2D eigenvalue weighted by molar-refractivity contribution is 6.02. The van der Waals surface area contributed by atoms with Crippen molar-refractivity contribution in [3.05, 3.63) is 53.6 Å². The molecule has 24 heavy (non-hydrogen) atoms. The van der Waals surface area contributed by atoms with Crippen molar-refractivity contribution in [1.29, 1.82) is 0 Å². The van der Waals surface area contributed by atoms with E-state index in [2.05, 4.69) is 5.32 Å². The molecule has 0 atom stereocenters. The molecular formula is C19H21NO4. The molecule has 0 fully saturated rings. The molecule has 2 aromatic carbocycles. The lowest BCUT2D eigenvalue weighted by Crippen LogP contribution is -2.09. The van der Waals surface area contributed by atoms with Crippen LogP contribution in [0.5, 0.6) is 17.2 Å². The lowest BCUT2D eigenvalue weighted by atomic mass is 10.1. The summed E-state index contributed by atoms with van der Waals surface area (Å²) in [6.45, 7) is 1.95. The summed E-state index contributed by atoms with van der Waals surface area (Å²) in [7, 11) is 4.73. The third-order valence-electron chi connectivity index (χ3n) is 3.41. The molecule has 2 aromatic rings. The summed E-state index contributed by atoms with van der Waals surface area (Å²) in [5.74, 6) is 1.69. The number of nitrogens with one attached hydrogen (secondary N) is 1. The Morgan fingerprint density at radius 2 is 1.62 bits per heavy atom. The monoisotopic (exact) mass is 327 g/mol. The molecule has 0 aliphatic heterocycles. The van der Waals surface area contributed by atoms with Crippen molar-refractivity contribution in [3.8, 4) is 17.2 Å². The highest BCUT2D eigenvalue weighted by atomic mass is 16.5. The fraction of sp³-hybridized carbons (Fsp3) is 0.211. The Labute approximate surface area is 141 Å². The van der Waals surface area contributed by atoms with Gasteiger partial charge in [0.05, 0.1) is 27.0 Å². The maximum absolute atomic E-state index is 12.2. The smallest absolute Gasteiger partial charge is 0.248 e. The quantitative estimate of drug-likeness (QED) is 0.823. The summed E-state index contributed by atoms with van der Waals surface area (Å²) in [6.07, 6.45) is 3.15. The second kappa shape index (κ2) is 8.06. The van der Waals surface area contributed by atoms with Crippen LogP contribution in [0.25, 0.3) is 6.08 Å². The molecule has 0 saturated carbocycles. The van der Waals surface area contributed by atoms with E-state index < -0.39 is 0 Å². The van der Waals surface area contributed by atoms with Crippen molar-refractivity contribution in [2.75, 3.05) is 26.6 Å². The van der Waals surface area contributed by atoms with Crippen molar-refractivity contribution in [2.24, 2.45) is 0 Å². The number of carbonyl (C=O) groups excluding carboxylic acids is 1. The van der Waals surface area contributed by atoms with Crippen LogP contribution in [-0.4, -0.2) is 27.2 Å². The van der Waals surface area contributed by atoms with Crippen LogP contribution in [0.4, 0.5) is 5.69 Å². The predicted molar refractivity (Wildman–Crippen MR) is 94.9 cm³/mol. The topological polar surface area (TPSA) is 56.8 Å². The SMILES string of the molecule is COc1cc(/C=C/C(=O)Nc2cc(C)ccc2OC)cc(OC)c1. The van der Waals surface area contributed by atoms with Gasteiger partial charge < -0.3 is 19.5 Å². The molecule has 5 nitrogen and oxygen atoms in total. The fourth-order valence-corrected chi connectivity index (χ4v) is 2.19. The van der Waals surface area contributed by atoms with Crippen LogP contribution < -0.4 is 19.5 Å². The van der Waals surface area contributed by atoms with Gasteiger partial charge in [0, 0.05) is 12.1 Å². The second-order valence-corrected chi connectivity index (χ2v) is 5.17. The van der Waals surface area contributed by atoms with Crippen molar-refractivity contribution in [2.45, 2.75) is 6.92 Å². The van der Waals surface area contributed by atoms with Crippen molar-refractivity contribution < 1.29 is 19.0 Å². The summed E-state index contributed by atoms with van der Waals surface area (Å²) in [5, 5.41) is 2.82. The van der Waals surface area contributed by atoms with Gasteiger partial charge in [-0.3, -0.25) is 4.79 Å². The molecule has 0 aliphatic rings. The van der Waals surface area contributed by atoms with Crippen LogP contribution >= 0.6 is 0 Å². The third kappa shape index (κ3) is 4.52. The Bertz CT molecular complexity index is 731. The van der Waals surface area contributed by atoms with E-state index in [1.54, 1.807) is 33.5 Å². The molecule has 0 unspecified atom stereocenters. The van der Waals surface area contributed by atoms with Crippen molar-refractivity contribution >= 4 is 17.7 Å². The average Bonchev–Trinajstić information content (AvgIpc) is 2.59. The minimum Gasteiger partial charge on any atom is -0.497 e. The number of rotatable bonds is 6. The Balaban J connectivity index is 2.15. The van der Waals surface area contributed by atoms with Crippen LogP contribution in [-0.2, 0) is 4.79 Å². The Kier molecular flexibility index (Phi) is 5.84. The van der Waals surface area contributed by atoms with Crippen molar-refractivity contribution in [3.63, 3.8) is 0 Å². The average molecular weight is 327 g/mol. The lowest BCUT2D eigenvalue weighted by molar-refractivity contribution is -0.111. The van der Waals surface area contributed by atoms with Gasteiger partial charge in [0.2, 0.25) is 5.91 Å². The fourth-order valence-electron chi connectivity index (χ4n) is 2.19. The first kappa shape index (κ1) is 17.4. The van der Waals surface area contributed by atoms with E-state index in [9.17, 15) is 4.79 Å². The molecule has 0 aliphatic carbocycles. The number of methoxy groups -OCH3 is 3. The number of carbonyl (C=O) groups is 1. The van der Waals surface area contributed by atoms with Crippen LogP contribution in [0.2, 0.25) is 0 Å². The van der Waals surface area contributed by atoms with E-state index in [-0.39, 0.29) is 5.91 Å². The molecule has 0 aromatic heterocycles. The van der Waals surface area contributed by atoms with Gasteiger partial charge in [0.25, 0.3) is 0 Å². The molecule has 2 rings (SSSR count). The van der Waals surface area contributed by atoms with E-state index in [4.69, 9.17) is 14.2 Å². The Morgan fingerprint density at radius 1 is 0.958 bits per heavy atom. The van der Waals surface area contributed by atoms with E-state index >= 15 is 0 Å². The minimum absolute atomic E-state index is 0.249. The highest BCUT2D eigenvalue weighted by Crippen LogP contribution is 2.26. The zero-order valence-corrected chi connectivity index (χ0v) is 14.3. The van der Waals surface area contributed by atoms with Gasteiger partial charge >= 0.3 is 0 Å². The number of benzene rings is 2. The van der Waals surface area contributed by atoms with Gasteiger partial charge in [-0.2, -0.15) is 0 Å². The van der Waals surface area contributed by atoms with Gasteiger partial charge in [-0.15, -0.1) is 0 Å². The zero-order valence-electron chi connectivity index (χ0n) is 14.3.